The van der Waals surface area contributed by atoms with Gasteiger partial charge in [-0.2, -0.15) is 13.5 Å². The summed E-state index contributed by atoms with van der Waals surface area (Å²) >= 11 is 15.5. The first-order chi connectivity index (χ1) is 15.2. The van der Waals surface area contributed by atoms with Crippen molar-refractivity contribution in [2.24, 2.45) is 5.10 Å². The Balaban J connectivity index is 1.74. The van der Waals surface area contributed by atoms with Gasteiger partial charge in [0.05, 0.1) is 22.7 Å². The number of nitrogens with one attached hydrogen (secondary N) is 1. The molecule has 0 aliphatic carbocycles. The standard InChI is InChI=1S/C21H16BrCl2FN2O4S/c1-30-20-9-13(11-26-27-32(28,29)17-6-4-16(25)5-7-17)8-18(22)21(20)31-12-14-2-3-15(23)10-19(14)24/h2-11,27H,12H2,1H3/b26-11-. The molecule has 0 aromatic heterocycles. The normalized spacial score (nSPS) is 11.5. The number of hydrogen-bond acceptors (Lipinski definition) is 5. The van der Waals surface area contributed by atoms with Crippen LogP contribution in [-0.2, 0) is 16.6 Å². The van der Waals surface area contributed by atoms with E-state index in [-0.39, 0.29) is 11.5 Å². The van der Waals surface area contributed by atoms with E-state index in [1.54, 1.807) is 30.3 Å². The second kappa shape index (κ2) is 10.5. The fourth-order valence-electron chi connectivity index (χ4n) is 2.58. The zero-order valence-corrected chi connectivity index (χ0v) is 20.4. The van der Waals surface area contributed by atoms with Crippen LogP contribution in [0.5, 0.6) is 11.5 Å². The average molecular weight is 562 g/mol. The number of sulfonamides is 1. The Bertz CT molecular complexity index is 1260. The second-order valence-corrected chi connectivity index (χ2v) is 9.72. The number of benzene rings is 3. The molecular formula is C21H16BrCl2FN2O4S. The van der Waals surface area contributed by atoms with Gasteiger partial charge < -0.3 is 9.47 Å². The Hall–Kier alpha value is -2.33. The molecule has 0 saturated carbocycles. The van der Waals surface area contributed by atoms with Crippen LogP contribution in [-0.4, -0.2) is 21.7 Å². The SMILES string of the molecule is COc1cc(/C=N\NS(=O)(=O)c2ccc(F)cc2)cc(Br)c1OCc1ccc(Cl)cc1Cl. The van der Waals surface area contributed by atoms with Crippen LogP contribution in [0.4, 0.5) is 4.39 Å². The number of methoxy groups -OCH3 is 1. The molecule has 0 unspecified atom stereocenters. The fraction of sp³-hybridized carbons (Fsp3) is 0.0952. The molecule has 0 spiro atoms. The predicted octanol–water partition coefficient (Wildman–Crippen LogP) is 5.80. The summed E-state index contributed by atoms with van der Waals surface area (Å²) in [6.45, 7) is 0.176. The lowest BCUT2D eigenvalue weighted by molar-refractivity contribution is 0.282. The smallest absolute Gasteiger partial charge is 0.276 e. The zero-order chi connectivity index (χ0) is 23.3. The van der Waals surface area contributed by atoms with Crippen molar-refractivity contribution in [2.45, 2.75) is 11.5 Å². The minimum absolute atomic E-state index is 0.112. The van der Waals surface area contributed by atoms with Crippen LogP contribution in [0.15, 0.2) is 69.1 Å². The van der Waals surface area contributed by atoms with E-state index in [2.05, 4.69) is 25.9 Å². The van der Waals surface area contributed by atoms with Crippen molar-refractivity contribution >= 4 is 55.4 Å². The summed E-state index contributed by atoms with van der Waals surface area (Å²) in [5.74, 6) is 0.292. The lowest BCUT2D eigenvalue weighted by Gasteiger charge is -2.14. The number of hydrazone groups is 1. The molecule has 6 nitrogen and oxygen atoms in total. The van der Waals surface area contributed by atoms with Gasteiger partial charge in [-0.25, -0.2) is 9.22 Å². The van der Waals surface area contributed by atoms with E-state index < -0.39 is 15.8 Å². The molecule has 32 heavy (non-hydrogen) atoms. The van der Waals surface area contributed by atoms with E-state index in [1.165, 1.54) is 13.3 Å². The fourth-order valence-corrected chi connectivity index (χ4v) is 4.41. The van der Waals surface area contributed by atoms with Crippen LogP contribution in [0.3, 0.4) is 0 Å². The number of rotatable bonds is 8. The summed E-state index contributed by atoms with van der Waals surface area (Å²) in [4.78, 5) is 1.97. The summed E-state index contributed by atoms with van der Waals surface area (Å²) in [5, 5.41) is 4.77. The highest BCUT2D eigenvalue weighted by molar-refractivity contribution is 9.10. The Kier molecular flexibility index (Phi) is 8.00. The molecule has 0 fully saturated rings. The summed E-state index contributed by atoms with van der Waals surface area (Å²) in [6.07, 6.45) is 1.30. The van der Waals surface area contributed by atoms with Crippen molar-refractivity contribution in [1.82, 2.24) is 4.83 Å². The topological polar surface area (TPSA) is 77.0 Å². The van der Waals surface area contributed by atoms with Gasteiger partial charge in [-0.15, -0.1) is 0 Å². The van der Waals surface area contributed by atoms with Crippen LogP contribution in [0.2, 0.25) is 10.0 Å². The molecule has 1 N–H and O–H groups in total. The Morgan fingerprint density at radius 2 is 1.84 bits per heavy atom. The minimum Gasteiger partial charge on any atom is -0.493 e. The maximum atomic E-state index is 13.0. The molecule has 0 saturated heterocycles. The van der Waals surface area contributed by atoms with Gasteiger partial charge >= 0.3 is 0 Å². The summed E-state index contributed by atoms with van der Waals surface area (Å²) < 4.78 is 49.3. The van der Waals surface area contributed by atoms with E-state index in [1.807, 2.05) is 0 Å². The highest BCUT2D eigenvalue weighted by Gasteiger charge is 2.14. The van der Waals surface area contributed by atoms with Crippen molar-refractivity contribution < 1.29 is 22.3 Å². The molecule has 0 aliphatic heterocycles. The molecule has 11 heteroatoms. The highest BCUT2D eigenvalue weighted by atomic mass is 79.9. The summed E-state index contributed by atoms with van der Waals surface area (Å²) in [7, 11) is -2.46. The first kappa shape index (κ1) is 24.3. The predicted molar refractivity (Wildman–Crippen MR) is 126 cm³/mol. The van der Waals surface area contributed by atoms with Crippen LogP contribution in [0.1, 0.15) is 11.1 Å². The minimum atomic E-state index is -3.93. The van der Waals surface area contributed by atoms with Crippen LogP contribution in [0.25, 0.3) is 0 Å². The molecule has 3 rings (SSSR count). The quantitative estimate of drug-likeness (QED) is 0.279. The number of ether oxygens (including phenoxy) is 2. The Morgan fingerprint density at radius 3 is 2.50 bits per heavy atom. The number of halogens is 4. The van der Waals surface area contributed by atoms with Gasteiger partial charge in [0.15, 0.2) is 11.5 Å². The second-order valence-electron chi connectivity index (χ2n) is 6.37. The lowest BCUT2D eigenvalue weighted by Crippen LogP contribution is -2.18. The van der Waals surface area contributed by atoms with Crippen molar-refractivity contribution in [3.05, 3.63) is 86.1 Å². The average Bonchev–Trinajstić information content (AvgIpc) is 2.74. The van der Waals surface area contributed by atoms with Gasteiger partial charge in [0.1, 0.15) is 12.4 Å². The van der Waals surface area contributed by atoms with Gasteiger partial charge in [0, 0.05) is 15.6 Å². The number of nitrogens with zero attached hydrogens (tertiary/aromatic N) is 1. The summed E-state index contributed by atoms with van der Waals surface area (Å²) in [6, 6.07) is 12.8. The molecule has 0 bridgehead atoms. The molecule has 0 amide bonds. The van der Waals surface area contributed by atoms with Gasteiger partial charge in [-0.1, -0.05) is 29.3 Å². The number of hydrogen-bond donors (Lipinski definition) is 1. The first-order valence-corrected chi connectivity index (χ1v) is 12.0. The van der Waals surface area contributed by atoms with E-state index in [9.17, 15) is 12.8 Å². The van der Waals surface area contributed by atoms with E-state index in [4.69, 9.17) is 32.7 Å². The molecule has 0 atom stereocenters. The molecular weight excluding hydrogens is 546 g/mol. The van der Waals surface area contributed by atoms with Crippen molar-refractivity contribution in [3.8, 4) is 11.5 Å². The van der Waals surface area contributed by atoms with Crippen molar-refractivity contribution in [1.29, 1.82) is 0 Å². The van der Waals surface area contributed by atoms with Gasteiger partial charge in [0.2, 0.25) is 0 Å². The maximum absolute atomic E-state index is 13.0. The van der Waals surface area contributed by atoms with Gasteiger partial charge in [-0.3, -0.25) is 0 Å². The third-order valence-electron chi connectivity index (χ3n) is 4.15. The van der Waals surface area contributed by atoms with Crippen LogP contribution in [0, 0.1) is 5.82 Å². The molecule has 168 valence electrons. The van der Waals surface area contributed by atoms with Crippen molar-refractivity contribution in [2.75, 3.05) is 7.11 Å². The summed E-state index contributed by atoms with van der Waals surface area (Å²) in [5.41, 5.74) is 1.28. The maximum Gasteiger partial charge on any atom is 0.276 e. The molecule has 3 aromatic rings. The molecule has 0 radical (unpaired) electrons. The Morgan fingerprint density at radius 1 is 1.12 bits per heavy atom. The zero-order valence-electron chi connectivity index (χ0n) is 16.5. The van der Waals surface area contributed by atoms with E-state index in [0.717, 1.165) is 29.8 Å². The van der Waals surface area contributed by atoms with Gasteiger partial charge in [0.25, 0.3) is 10.0 Å². The van der Waals surface area contributed by atoms with Crippen LogP contribution >= 0.6 is 39.1 Å². The molecule has 0 heterocycles. The Labute approximate surface area is 203 Å². The van der Waals surface area contributed by atoms with Gasteiger partial charge in [-0.05, 0) is 70.0 Å². The van der Waals surface area contributed by atoms with Crippen LogP contribution < -0.4 is 14.3 Å². The first-order valence-electron chi connectivity index (χ1n) is 8.94. The monoisotopic (exact) mass is 560 g/mol. The largest absolute Gasteiger partial charge is 0.493 e. The third kappa shape index (κ3) is 6.13. The van der Waals surface area contributed by atoms with E-state index in [0.29, 0.717) is 31.6 Å². The molecule has 0 aliphatic rings. The highest BCUT2D eigenvalue weighted by Crippen LogP contribution is 2.37. The molecule has 3 aromatic carbocycles. The van der Waals surface area contributed by atoms with Crippen molar-refractivity contribution in [3.63, 3.8) is 0 Å². The van der Waals surface area contributed by atoms with E-state index >= 15 is 0 Å². The lowest BCUT2D eigenvalue weighted by atomic mass is 10.2. The third-order valence-corrected chi connectivity index (χ3v) is 6.56.